The molecular formula is C14H20ClNO4S. The number of sulfonamides is 1. The number of rotatable bonds is 6. The molecule has 1 rings (SSSR count). The Hall–Kier alpha value is -0.950. The van der Waals surface area contributed by atoms with Crippen molar-refractivity contribution < 1.29 is 17.9 Å². The third-order valence-electron chi connectivity index (χ3n) is 2.77. The molecule has 1 N–H and O–H groups in total. The van der Waals surface area contributed by atoms with Crippen LogP contribution in [-0.2, 0) is 14.8 Å². The maximum absolute atomic E-state index is 12.3. The van der Waals surface area contributed by atoms with Gasteiger partial charge in [0.05, 0.1) is 16.5 Å². The van der Waals surface area contributed by atoms with Gasteiger partial charge in [-0.15, -0.1) is 0 Å². The molecule has 0 amide bonds. The summed E-state index contributed by atoms with van der Waals surface area (Å²) in [6, 6.07) is 4.10. The number of nitrogens with one attached hydrogen (secondary N) is 1. The number of ketones is 1. The molecule has 0 saturated carbocycles. The number of halogens is 1. The Morgan fingerprint density at radius 3 is 2.48 bits per heavy atom. The molecule has 0 bridgehead atoms. The number of Topliss-reactive ketones (excluding diaryl/α,β-unsaturated/α-hetero) is 1. The second-order valence-electron chi connectivity index (χ2n) is 5.61. The van der Waals surface area contributed by atoms with Crippen molar-refractivity contribution in [1.29, 1.82) is 0 Å². The molecule has 0 saturated heterocycles. The van der Waals surface area contributed by atoms with Crippen molar-refractivity contribution in [3.05, 3.63) is 28.8 Å². The summed E-state index contributed by atoms with van der Waals surface area (Å²) in [7, 11) is -2.21. The number of methoxy groups -OCH3 is 1. The first-order chi connectivity index (χ1) is 9.59. The molecule has 0 aromatic heterocycles. The van der Waals surface area contributed by atoms with Gasteiger partial charge in [0.2, 0.25) is 10.0 Å². The Bertz CT molecular complexity index is 620. The Kier molecular flexibility index (Phi) is 5.92. The van der Waals surface area contributed by atoms with Gasteiger partial charge in [0.25, 0.3) is 0 Å². The number of carbonyl (C=O) groups excluding carboxylic acids is 1. The van der Waals surface area contributed by atoms with E-state index in [1.165, 1.54) is 25.3 Å². The normalized spacial score (nSPS) is 12.4. The topological polar surface area (TPSA) is 72.5 Å². The molecule has 0 radical (unpaired) electrons. The van der Waals surface area contributed by atoms with Gasteiger partial charge in [-0.3, -0.25) is 4.79 Å². The van der Waals surface area contributed by atoms with Crippen molar-refractivity contribution in [2.24, 2.45) is 5.41 Å². The van der Waals surface area contributed by atoms with E-state index < -0.39 is 15.4 Å². The van der Waals surface area contributed by atoms with Crippen molar-refractivity contribution in [2.75, 3.05) is 20.3 Å². The van der Waals surface area contributed by atoms with E-state index in [4.69, 9.17) is 16.3 Å². The molecule has 1 aromatic rings. The van der Waals surface area contributed by atoms with E-state index in [1.807, 2.05) is 0 Å². The van der Waals surface area contributed by atoms with Crippen molar-refractivity contribution in [3.8, 4) is 0 Å². The van der Waals surface area contributed by atoms with Crippen molar-refractivity contribution in [3.63, 3.8) is 0 Å². The first-order valence-electron chi connectivity index (χ1n) is 6.42. The molecule has 0 unspecified atom stereocenters. The third-order valence-corrected chi connectivity index (χ3v) is 4.56. The zero-order valence-electron chi connectivity index (χ0n) is 12.6. The Balaban J connectivity index is 3.15. The van der Waals surface area contributed by atoms with Gasteiger partial charge in [-0.1, -0.05) is 32.4 Å². The molecule has 118 valence electrons. The van der Waals surface area contributed by atoms with Gasteiger partial charge in [-0.05, 0) is 18.2 Å². The lowest BCUT2D eigenvalue weighted by atomic mass is 9.86. The van der Waals surface area contributed by atoms with E-state index in [2.05, 4.69) is 4.72 Å². The first-order valence-corrected chi connectivity index (χ1v) is 8.28. The molecule has 21 heavy (non-hydrogen) atoms. The Morgan fingerprint density at radius 2 is 1.95 bits per heavy atom. The van der Waals surface area contributed by atoms with Crippen LogP contribution in [0, 0.1) is 5.41 Å². The lowest BCUT2D eigenvalue weighted by Gasteiger charge is -2.18. The van der Waals surface area contributed by atoms with E-state index in [-0.39, 0.29) is 34.4 Å². The minimum absolute atomic E-state index is 0.00982. The zero-order chi connectivity index (χ0) is 16.3. The van der Waals surface area contributed by atoms with Crippen LogP contribution in [0.5, 0.6) is 0 Å². The smallest absolute Gasteiger partial charge is 0.240 e. The molecule has 0 aliphatic carbocycles. The van der Waals surface area contributed by atoms with Gasteiger partial charge >= 0.3 is 0 Å². The number of carbonyl (C=O) groups is 1. The summed E-state index contributed by atoms with van der Waals surface area (Å²) in [4.78, 5) is 12.3. The number of ether oxygens (including phenoxy) is 1. The number of benzene rings is 1. The highest BCUT2D eigenvalue weighted by atomic mass is 35.5. The second kappa shape index (κ2) is 6.87. The molecule has 0 atom stereocenters. The van der Waals surface area contributed by atoms with Crippen molar-refractivity contribution in [1.82, 2.24) is 4.72 Å². The van der Waals surface area contributed by atoms with Crippen LogP contribution >= 0.6 is 11.6 Å². The molecule has 0 aliphatic heterocycles. The quantitative estimate of drug-likeness (QED) is 0.641. The summed E-state index contributed by atoms with van der Waals surface area (Å²) in [5.41, 5.74) is -0.436. The molecule has 0 aliphatic rings. The minimum Gasteiger partial charge on any atom is -0.383 e. The molecule has 5 nitrogen and oxygen atoms in total. The van der Waals surface area contributed by atoms with Crippen LogP contribution in [0.3, 0.4) is 0 Å². The van der Waals surface area contributed by atoms with E-state index in [0.717, 1.165) is 0 Å². The SMILES string of the molecule is COCCNS(=O)(=O)c1ccc(Cl)c(C(=O)C(C)(C)C)c1. The van der Waals surface area contributed by atoms with Crippen LogP contribution in [0.25, 0.3) is 0 Å². The molecule has 0 fully saturated rings. The van der Waals surface area contributed by atoms with Crippen LogP contribution in [-0.4, -0.2) is 34.5 Å². The van der Waals surface area contributed by atoms with E-state index in [1.54, 1.807) is 20.8 Å². The Labute approximate surface area is 130 Å². The molecule has 1 aromatic carbocycles. The maximum Gasteiger partial charge on any atom is 0.240 e. The average Bonchev–Trinajstić information content (AvgIpc) is 2.37. The largest absolute Gasteiger partial charge is 0.383 e. The van der Waals surface area contributed by atoms with Crippen LogP contribution in [0.4, 0.5) is 0 Å². The van der Waals surface area contributed by atoms with Gasteiger partial charge in [0, 0.05) is 24.6 Å². The van der Waals surface area contributed by atoms with Crippen LogP contribution in [0.2, 0.25) is 5.02 Å². The second-order valence-corrected chi connectivity index (χ2v) is 7.79. The molecule has 0 spiro atoms. The average molecular weight is 334 g/mol. The highest BCUT2D eigenvalue weighted by Crippen LogP contribution is 2.28. The molecule has 7 heteroatoms. The highest BCUT2D eigenvalue weighted by molar-refractivity contribution is 7.89. The monoisotopic (exact) mass is 333 g/mol. The van der Waals surface area contributed by atoms with E-state index in [9.17, 15) is 13.2 Å². The summed E-state index contributed by atoms with van der Waals surface area (Å²) >= 11 is 6.02. The summed E-state index contributed by atoms with van der Waals surface area (Å²) in [5, 5.41) is 0.241. The predicted molar refractivity (Wildman–Crippen MR) is 82.3 cm³/mol. The highest BCUT2D eigenvalue weighted by Gasteiger charge is 2.26. The van der Waals surface area contributed by atoms with Gasteiger partial charge in [0.15, 0.2) is 5.78 Å². The van der Waals surface area contributed by atoms with E-state index in [0.29, 0.717) is 0 Å². The van der Waals surface area contributed by atoms with Crippen LogP contribution in [0.1, 0.15) is 31.1 Å². The molecule has 0 heterocycles. The fraction of sp³-hybridized carbons (Fsp3) is 0.500. The standard InChI is InChI=1S/C14H20ClNO4S/c1-14(2,3)13(17)11-9-10(5-6-12(11)15)21(18,19)16-7-8-20-4/h5-6,9,16H,7-8H2,1-4H3. The fourth-order valence-corrected chi connectivity index (χ4v) is 2.85. The van der Waals surface area contributed by atoms with Crippen LogP contribution in [0.15, 0.2) is 23.1 Å². The minimum atomic E-state index is -3.69. The first kappa shape index (κ1) is 18.1. The van der Waals surface area contributed by atoms with Gasteiger partial charge in [-0.2, -0.15) is 0 Å². The van der Waals surface area contributed by atoms with Crippen molar-refractivity contribution >= 4 is 27.4 Å². The summed E-state index contributed by atoms with van der Waals surface area (Å²) in [6.45, 7) is 5.68. The zero-order valence-corrected chi connectivity index (χ0v) is 14.1. The number of hydrogen-bond acceptors (Lipinski definition) is 4. The fourth-order valence-electron chi connectivity index (χ4n) is 1.61. The summed E-state index contributed by atoms with van der Waals surface area (Å²) < 4.78 is 31.4. The summed E-state index contributed by atoms with van der Waals surface area (Å²) in [5.74, 6) is -0.207. The molecular weight excluding hydrogens is 314 g/mol. The van der Waals surface area contributed by atoms with Gasteiger partial charge < -0.3 is 4.74 Å². The third kappa shape index (κ3) is 4.78. The predicted octanol–water partition coefficient (Wildman–Crippen LogP) is 2.49. The van der Waals surface area contributed by atoms with Crippen LogP contribution < -0.4 is 4.72 Å². The Morgan fingerprint density at radius 1 is 1.33 bits per heavy atom. The lowest BCUT2D eigenvalue weighted by Crippen LogP contribution is -2.28. The van der Waals surface area contributed by atoms with Gasteiger partial charge in [0.1, 0.15) is 0 Å². The maximum atomic E-state index is 12.3. The number of hydrogen-bond donors (Lipinski definition) is 1. The van der Waals surface area contributed by atoms with Gasteiger partial charge in [-0.25, -0.2) is 13.1 Å². The lowest BCUT2D eigenvalue weighted by molar-refractivity contribution is 0.0858. The summed E-state index contributed by atoms with van der Waals surface area (Å²) in [6.07, 6.45) is 0. The van der Waals surface area contributed by atoms with Crippen molar-refractivity contribution in [2.45, 2.75) is 25.7 Å². The van der Waals surface area contributed by atoms with E-state index >= 15 is 0 Å².